The highest BCUT2D eigenvalue weighted by Crippen LogP contribution is 2.34. The van der Waals surface area contributed by atoms with E-state index in [2.05, 4.69) is 0 Å². The lowest BCUT2D eigenvalue weighted by atomic mass is 10.1. The molecule has 11 heavy (non-hydrogen) atoms. The molecule has 0 aliphatic heterocycles. The molecule has 0 bridgehead atoms. The summed E-state index contributed by atoms with van der Waals surface area (Å²) in [5.74, 6) is 0.622. The quantitative estimate of drug-likeness (QED) is 0.595. The largest absolute Gasteiger partial charge is 0.393 e. The molecule has 1 rings (SSSR count). The fourth-order valence-electron chi connectivity index (χ4n) is 1.26. The minimum Gasteiger partial charge on any atom is -0.393 e. The van der Waals surface area contributed by atoms with Crippen LogP contribution >= 0.6 is 0 Å². The molecule has 0 heterocycles. The highest BCUT2D eigenvalue weighted by molar-refractivity contribution is 4.80. The maximum atomic E-state index is 9.43. The highest BCUT2D eigenvalue weighted by Gasteiger charge is 2.28. The van der Waals surface area contributed by atoms with Crippen molar-refractivity contribution in [2.75, 3.05) is 13.2 Å². The Labute approximate surface area is 68.6 Å². The molecule has 0 amide bonds. The van der Waals surface area contributed by atoms with E-state index in [0.717, 1.165) is 26.1 Å². The lowest BCUT2D eigenvalue weighted by molar-refractivity contribution is 0.104. The zero-order valence-corrected chi connectivity index (χ0v) is 7.25. The van der Waals surface area contributed by atoms with Crippen molar-refractivity contribution in [1.82, 2.24) is 0 Å². The summed E-state index contributed by atoms with van der Waals surface area (Å²) < 4.78 is 5.17. The van der Waals surface area contributed by atoms with Crippen molar-refractivity contribution in [2.24, 2.45) is 5.92 Å². The van der Waals surface area contributed by atoms with Crippen LogP contribution in [0.15, 0.2) is 0 Å². The standard InChI is InChI=1S/C9H18O2/c1-2-11-7-3-4-9(10)8-5-6-8/h8-10H,2-7H2,1H3. The van der Waals surface area contributed by atoms with Crippen LogP contribution in [0.1, 0.15) is 32.6 Å². The maximum absolute atomic E-state index is 9.43. The van der Waals surface area contributed by atoms with E-state index >= 15 is 0 Å². The van der Waals surface area contributed by atoms with Gasteiger partial charge >= 0.3 is 0 Å². The Morgan fingerprint density at radius 2 is 2.27 bits per heavy atom. The number of hydrogen-bond acceptors (Lipinski definition) is 2. The summed E-state index contributed by atoms with van der Waals surface area (Å²) >= 11 is 0. The van der Waals surface area contributed by atoms with E-state index in [0.29, 0.717) is 5.92 Å². The fraction of sp³-hybridized carbons (Fsp3) is 1.00. The Balaban J connectivity index is 1.85. The summed E-state index contributed by atoms with van der Waals surface area (Å²) in [6.45, 7) is 3.59. The molecule has 0 aromatic heterocycles. The number of rotatable bonds is 6. The molecule has 0 saturated heterocycles. The molecule has 0 aromatic rings. The minimum absolute atomic E-state index is 0.0459. The lowest BCUT2D eigenvalue weighted by Gasteiger charge is -2.07. The van der Waals surface area contributed by atoms with Crippen molar-refractivity contribution >= 4 is 0 Å². The number of aliphatic hydroxyl groups is 1. The van der Waals surface area contributed by atoms with Gasteiger partial charge in [-0.2, -0.15) is 0 Å². The van der Waals surface area contributed by atoms with E-state index in [9.17, 15) is 5.11 Å². The molecule has 0 radical (unpaired) electrons. The van der Waals surface area contributed by atoms with Crippen LogP contribution in [-0.2, 0) is 4.74 Å². The number of aliphatic hydroxyl groups excluding tert-OH is 1. The fourth-order valence-corrected chi connectivity index (χ4v) is 1.26. The van der Waals surface area contributed by atoms with Gasteiger partial charge in [0.05, 0.1) is 6.10 Å². The minimum atomic E-state index is -0.0459. The zero-order valence-electron chi connectivity index (χ0n) is 7.25. The van der Waals surface area contributed by atoms with Gasteiger partial charge in [0.1, 0.15) is 0 Å². The van der Waals surface area contributed by atoms with Crippen molar-refractivity contribution in [2.45, 2.75) is 38.7 Å². The summed E-state index contributed by atoms with van der Waals surface area (Å²) in [4.78, 5) is 0. The molecular formula is C9H18O2. The molecule has 1 fully saturated rings. The molecule has 1 aliphatic rings. The smallest absolute Gasteiger partial charge is 0.0569 e. The summed E-state index contributed by atoms with van der Waals surface area (Å²) in [5, 5.41) is 9.43. The average molecular weight is 158 g/mol. The predicted molar refractivity (Wildman–Crippen MR) is 44.5 cm³/mol. The first-order valence-electron chi connectivity index (χ1n) is 4.60. The Kier molecular flexibility index (Phi) is 3.87. The lowest BCUT2D eigenvalue weighted by Crippen LogP contribution is -2.10. The topological polar surface area (TPSA) is 29.5 Å². The third-order valence-corrected chi connectivity index (χ3v) is 2.16. The second kappa shape index (κ2) is 4.73. The van der Waals surface area contributed by atoms with E-state index < -0.39 is 0 Å². The SMILES string of the molecule is CCOCCCC(O)C1CC1. The van der Waals surface area contributed by atoms with E-state index in [-0.39, 0.29) is 6.10 Å². The van der Waals surface area contributed by atoms with Crippen molar-refractivity contribution in [3.8, 4) is 0 Å². The molecule has 66 valence electrons. The summed E-state index contributed by atoms with van der Waals surface area (Å²) in [6, 6.07) is 0. The van der Waals surface area contributed by atoms with Gasteiger partial charge in [-0.3, -0.25) is 0 Å². The summed E-state index contributed by atoms with van der Waals surface area (Å²) in [7, 11) is 0. The van der Waals surface area contributed by atoms with Crippen LogP contribution in [0.25, 0.3) is 0 Å². The Morgan fingerprint density at radius 3 is 2.82 bits per heavy atom. The van der Waals surface area contributed by atoms with Gasteiger partial charge in [-0.1, -0.05) is 0 Å². The van der Waals surface area contributed by atoms with Gasteiger partial charge in [-0.25, -0.2) is 0 Å². The van der Waals surface area contributed by atoms with Crippen LogP contribution in [0, 0.1) is 5.92 Å². The van der Waals surface area contributed by atoms with Crippen LogP contribution in [-0.4, -0.2) is 24.4 Å². The summed E-state index contributed by atoms with van der Waals surface area (Å²) in [5.41, 5.74) is 0. The first-order chi connectivity index (χ1) is 5.34. The van der Waals surface area contributed by atoms with E-state index in [1.807, 2.05) is 6.92 Å². The third-order valence-electron chi connectivity index (χ3n) is 2.16. The van der Waals surface area contributed by atoms with Gasteiger partial charge in [0.25, 0.3) is 0 Å². The molecular weight excluding hydrogens is 140 g/mol. The first kappa shape index (κ1) is 9.01. The molecule has 0 aromatic carbocycles. The molecule has 1 N–H and O–H groups in total. The Morgan fingerprint density at radius 1 is 1.55 bits per heavy atom. The van der Waals surface area contributed by atoms with E-state index in [1.165, 1.54) is 12.8 Å². The Hall–Kier alpha value is -0.0800. The number of hydrogen-bond donors (Lipinski definition) is 1. The van der Waals surface area contributed by atoms with Crippen LogP contribution < -0.4 is 0 Å². The predicted octanol–water partition coefficient (Wildman–Crippen LogP) is 1.57. The van der Waals surface area contributed by atoms with Gasteiger partial charge in [0, 0.05) is 13.2 Å². The maximum Gasteiger partial charge on any atom is 0.0569 e. The van der Waals surface area contributed by atoms with Crippen LogP contribution in [0.3, 0.4) is 0 Å². The molecule has 1 saturated carbocycles. The highest BCUT2D eigenvalue weighted by atomic mass is 16.5. The molecule has 2 nitrogen and oxygen atoms in total. The van der Waals surface area contributed by atoms with Gasteiger partial charge < -0.3 is 9.84 Å². The zero-order chi connectivity index (χ0) is 8.10. The van der Waals surface area contributed by atoms with Crippen molar-refractivity contribution in [1.29, 1.82) is 0 Å². The second-order valence-corrected chi connectivity index (χ2v) is 3.24. The second-order valence-electron chi connectivity index (χ2n) is 3.24. The van der Waals surface area contributed by atoms with E-state index in [1.54, 1.807) is 0 Å². The molecule has 1 atom stereocenters. The van der Waals surface area contributed by atoms with Gasteiger partial charge in [0.15, 0.2) is 0 Å². The normalized spacial score (nSPS) is 20.2. The van der Waals surface area contributed by atoms with Crippen LogP contribution in [0.2, 0.25) is 0 Å². The Bertz CT molecular complexity index is 99.7. The summed E-state index contributed by atoms with van der Waals surface area (Å²) in [6.07, 6.45) is 4.34. The van der Waals surface area contributed by atoms with Crippen molar-refractivity contribution < 1.29 is 9.84 Å². The average Bonchev–Trinajstić information content (AvgIpc) is 2.79. The molecule has 0 spiro atoms. The van der Waals surface area contributed by atoms with Crippen LogP contribution in [0.4, 0.5) is 0 Å². The van der Waals surface area contributed by atoms with Crippen molar-refractivity contribution in [3.63, 3.8) is 0 Å². The van der Waals surface area contributed by atoms with E-state index in [4.69, 9.17) is 4.74 Å². The first-order valence-corrected chi connectivity index (χ1v) is 4.60. The van der Waals surface area contributed by atoms with Gasteiger partial charge in [-0.05, 0) is 38.5 Å². The third kappa shape index (κ3) is 3.73. The monoisotopic (exact) mass is 158 g/mol. The van der Waals surface area contributed by atoms with Crippen molar-refractivity contribution in [3.05, 3.63) is 0 Å². The molecule has 1 aliphatic carbocycles. The van der Waals surface area contributed by atoms with Gasteiger partial charge in [-0.15, -0.1) is 0 Å². The van der Waals surface area contributed by atoms with Crippen LogP contribution in [0.5, 0.6) is 0 Å². The van der Waals surface area contributed by atoms with Gasteiger partial charge in [0.2, 0.25) is 0 Å². The molecule has 1 unspecified atom stereocenters. The number of ether oxygens (including phenoxy) is 1. The molecule has 2 heteroatoms.